The van der Waals surface area contributed by atoms with Crippen LogP contribution in [-0.2, 0) is 0 Å². The Hall–Kier alpha value is -0.710. The van der Waals surface area contributed by atoms with E-state index in [2.05, 4.69) is 10.8 Å². The number of fused-ring (bicyclic) bond motifs is 1. The first-order chi connectivity index (χ1) is 9.20. The summed E-state index contributed by atoms with van der Waals surface area (Å²) in [6.07, 6.45) is 5.52. The van der Waals surface area contributed by atoms with Gasteiger partial charge in [-0.15, -0.1) is 0 Å². The number of rotatable bonds is 5. The summed E-state index contributed by atoms with van der Waals surface area (Å²) in [5.74, 6) is 2.09. The van der Waals surface area contributed by atoms with Gasteiger partial charge in [0.15, 0.2) is 0 Å². The molecule has 2 aromatic rings. The molecule has 1 aromatic heterocycles. The Morgan fingerprint density at radius 1 is 1.53 bits per heavy atom. The Bertz CT molecular complexity index is 592. The van der Waals surface area contributed by atoms with E-state index >= 15 is 0 Å². The van der Waals surface area contributed by atoms with Crippen LogP contribution in [0.4, 0.5) is 0 Å². The van der Waals surface area contributed by atoms with Crippen LogP contribution in [0.15, 0.2) is 18.2 Å². The van der Waals surface area contributed by atoms with Gasteiger partial charge in [0.05, 0.1) is 17.1 Å². The zero-order chi connectivity index (χ0) is 13.4. The van der Waals surface area contributed by atoms with Crippen LogP contribution in [0, 0.1) is 0 Å². The van der Waals surface area contributed by atoms with Crippen LogP contribution < -0.4 is 5.73 Å². The average Bonchev–Trinajstić information content (AvgIpc) is 3.17. The predicted octanol–water partition coefficient (Wildman–Crippen LogP) is 3.78. The van der Waals surface area contributed by atoms with Gasteiger partial charge in [0.25, 0.3) is 0 Å². The van der Waals surface area contributed by atoms with Crippen LogP contribution in [0.2, 0.25) is 5.02 Å². The second kappa shape index (κ2) is 5.35. The molecule has 0 radical (unpaired) electrons. The van der Waals surface area contributed by atoms with Crippen molar-refractivity contribution in [2.75, 3.05) is 12.0 Å². The Morgan fingerprint density at radius 3 is 3.00 bits per heavy atom. The first-order valence-electron chi connectivity index (χ1n) is 6.62. The van der Waals surface area contributed by atoms with Crippen molar-refractivity contribution in [3.63, 3.8) is 0 Å². The van der Waals surface area contributed by atoms with Crippen LogP contribution in [-0.4, -0.2) is 21.6 Å². The molecule has 0 aliphatic heterocycles. The zero-order valence-electron chi connectivity index (χ0n) is 11.0. The summed E-state index contributed by atoms with van der Waals surface area (Å²) in [5, 5.41) is 0.763. The summed E-state index contributed by atoms with van der Waals surface area (Å²) in [6.45, 7) is 0. The lowest BCUT2D eigenvalue weighted by Crippen LogP contribution is -2.17. The van der Waals surface area contributed by atoms with Crippen LogP contribution >= 0.6 is 23.4 Å². The fraction of sp³-hybridized carbons (Fsp3) is 0.500. The van der Waals surface area contributed by atoms with Crippen molar-refractivity contribution < 1.29 is 0 Å². The van der Waals surface area contributed by atoms with Gasteiger partial charge in [-0.1, -0.05) is 11.6 Å². The largest absolute Gasteiger partial charge is 0.323 e. The molecule has 1 heterocycles. The van der Waals surface area contributed by atoms with Crippen molar-refractivity contribution in [3.05, 3.63) is 29.0 Å². The summed E-state index contributed by atoms with van der Waals surface area (Å²) < 4.78 is 2.31. The molecule has 0 bridgehead atoms. The molecule has 5 heteroatoms. The van der Waals surface area contributed by atoms with Crippen molar-refractivity contribution in [3.8, 4) is 0 Å². The second-order valence-corrected chi connectivity index (χ2v) is 6.51. The lowest BCUT2D eigenvalue weighted by atomic mass is 10.2. The molecule has 0 amide bonds. The number of benzene rings is 1. The first kappa shape index (κ1) is 13.3. The predicted molar refractivity (Wildman–Crippen MR) is 82.9 cm³/mol. The van der Waals surface area contributed by atoms with Crippen LogP contribution in [0.3, 0.4) is 0 Å². The summed E-state index contributed by atoms with van der Waals surface area (Å²) in [7, 11) is 0. The van der Waals surface area contributed by atoms with Gasteiger partial charge in [0.2, 0.25) is 0 Å². The Kier molecular flexibility index (Phi) is 3.74. The maximum atomic E-state index is 6.32. The highest BCUT2D eigenvalue weighted by Crippen LogP contribution is 2.40. The highest BCUT2D eigenvalue weighted by Gasteiger charge is 2.29. The highest BCUT2D eigenvalue weighted by atomic mass is 35.5. The standard InChI is InChI=1S/C14H18ClN3S/c1-19-7-6-11(16)14-17-12-5-2-9(15)8-13(12)18(14)10-3-4-10/h2,5,8,10-11H,3-4,6-7,16H2,1H3. The molecule has 3 nitrogen and oxygen atoms in total. The molecule has 1 aliphatic rings. The monoisotopic (exact) mass is 295 g/mol. The quantitative estimate of drug-likeness (QED) is 0.913. The molecule has 1 aliphatic carbocycles. The van der Waals surface area contributed by atoms with E-state index in [1.54, 1.807) is 0 Å². The molecule has 0 spiro atoms. The minimum Gasteiger partial charge on any atom is -0.323 e. The number of nitrogens with two attached hydrogens (primary N) is 1. The van der Waals surface area contributed by atoms with Crippen LogP contribution in [0.5, 0.6) is 0 Å². The van der Waals surface area contributed by atoms with Gasteiger partial charge in [0.1, 0.15) is 5.82 Å². The fourth-order valence-electron chi connectivity index (χ4n) is 2.44. The van der Waals surface area contributed by atoms with Gasteiger partial charge in [-0.25, -0.2) is 4.98 Å². The summed E-state index contributed by atoms with van der Waals surface area (Å²) >= 11 is 7.94. The topological polar surface area (TPSA) is 43.8 Å². The molecule has 1 fully saturated rings. The minimum absolute atomic E-state index is 0.0132. The minimum atomic E-state index is 0.0132. The number of hydrogen-bond acceptors (Lipinski definition) is 3. The van der Waals surface area contributed by atoms with E-state index in [0.717, 1.165) is 34.1 Å². The third kappa shape index (κ3) is 2.62. The van der Waals surface area contributed by atoms with Gasteiger partial charge >= 0.3 is 0 Å². The van der Waals surface area contributed by atoms with Crippen molar-refractivity contribution >= 4 is 34.4 Å². The number of hydrogen-bond donors (Lipinski definition) is 1. The lowest BCUT2D eigenvalue weighted by molar-refractivity contribution is 0.594. The molecule has 1 atom stereocenters. The van der Waals surface area contributed by atoms with Gasteiger partial charge in [-0.05, 0) is 49.5 Å². The van der Waals surface area contributed by atoms with E-state index < -0.39 is 0 Å². The third-order valence-electron chi connectivity index (χ3n) is 3.56. The van der Waals surface area contributed by atoms with E-state index in [4.69, 9.17) is 22.3 Å². The third-order valence-corrected chi connectivity index (χ3v) is 4.43. The molecule has 1 unspecified atom stereocenters. The molecule has 2 N–H and O–H groups in total. The molecule has 19 heavy (non-hydrogen) atoms. The second-order valence-electron chi connectivity index (χ2n) is 5.09. The maximum absolute atomic E-state index is 6.32. The van der Waals surface area contributed by atoms with Gasteiger partial charge in [-0.3, -0.25) is 0 Å². The zero-order valence-corrected chi connectivity index (χ0v) is 12.5. The van der Waals surface area contributed by atoms with Gasteiger partial charge in [0, 0.05) is 11.1 Å². The first-order valence-corrected chi connectivity index (χ1v) is 8.40. The number of halogens is 1. The average molecular weight is 296 g/mol. The van der Waals surface area contributed by atoms with Crippen LogP contribution in [0.25, 0.3) is 11.0 Å². The fourth-order valence-corrected chi connectivity index (χ4v) is 3.09. The number of imidazole rings is 1. The van der Waals surface area contributed by atoms with E-state index in [1.165, 1.54) is 12.8 Å². The Morgan fingerprint density at radius 2 is 2.32 bits per heavy atom. The maximum Gasteiger partial charge on any atom is 0.127 e. The Balaban J connectivity index is 2.05. The molecule has 1 aromatic carbocycles. The highest BCUT2D eigenvalue weighted by molar-refractivity contribution is 7.98. The lowest BCUT2D eigenvalue weighted by Gasteiger charge is -2.13. The molecule has 3 rings (SSSR count). The molecule has 1 saturated carbocycles. The number of nitrogens with zero attached hydrogens (tertiary/aromatic N) is 2. The summed E-state index contributed by atoms with van der Waals surface area (Å²) in [4.78, 5) is 4.74. The van der Waals surface area contributed by atoms with Gasteiger partial charge < -0.3 is 10.3 Å². The Labute approximate surface area is 122 Å². The van der Waals surface area contributed by atoms with E-state index in [0.29, 0.717) is 6.04 Å². The van der Waals surface area contributed by atoms with E-state index in [1.807, 2.05) is 30.0 Å². The normalized spacial score (nSPS) is 17.0. The van der Waals surface area contributed by atoms with Gasteiger partial charge in [-0.2, -0.15) is 11.8 Å². The molecular weight excluding hydrogens is 278 g/mol. The van der Waals surface area contributed by atoms with Crippen molar-refractivity contribution in [1.29, 1.82) is 0 Å². The number of aromatic nitrogens is 2. The number of thioether (sulfide) groups is 1. The van der Waals surface area contributed by atoms with Crippen molar-refractivity contribution in [2.24, 2.45) is 5.73 Å². The smallest absolute Gasteiger partial charge is 0.127 e. The molecular formula is C14H18ClN3S. The van der Waals surface area contributed by atoms with E-state index in [-0.39, 0.29) is 6.04 Å². The SMILES string of the molecule is CSCCC(N)c1nc2ccc(Cl)cc2n1C1CC1. The van der Waals surface area contributed by atoms with Crippen LogP contribution in [0.1, 0.15) is 37.2 Å². The summed E-state index contributed by atoms with van der Waals surface area (Å²) in [5.41, 5.74) is 8.45. The molecule has 102 valence electrons. The van der Waals surface area contributed by atoms with E-state index in [9.17, 15) is 0 Å². The van der Waals surface area contributed by atoms with Crippen molar-refractivity contribution in [2.45, 2.75) is 31.3 Å². The summed E-state index contributed by atoms with van der Waals surface area (Å²) in [6, 6.07) is 6.47. The van der Waals surface area contributed by atoms with Crippen molar-refractivity contribution in [1.82, 2.24) is 9.55 Å². The molecule has 0 saturated heterocycles.